The van der Waals surface area contributed by atoms with Gasteiger partial charge in [0.05, 0.1) is 6.54 Å². The van der Waals surface area contributed by atoms with E-state index in [1.54, 1.807) is 0 Å². The Kier molecular flexibility index (Phi) is 7.00. The van der Waals surface area contributed by atoms with E-state index in [0.29, 0.717) is 24.7 Å². The van der Waals surface area contributed by atoms with Crippen LogP contribution in [0.15, 0.2) is 4.42 Å². The monoisotopic (exact) mass is 350 g/mol. The first kappa shape index (κ1) is 19.1. The van der Waals surface area contributed by atoms with Gasteiger partial charge in [-0.2, -0.15) is 13.2 Å². The van der Waals surface area contributed by atoms with Gasteiger partial charge in [0.2, 0.25) is 11.8 Å². The van der Waals surface area contributed by atoms with Crippen molar-refractivity contribution in [3.63, 3.8) is 0 Å². The molecule has 0 bridgehead atoms. The average molecular weight is 350 g/mol. The van der Waals surface area contributed by atoms with Crippen molar-refractivity contribution >= 4 is 0 Å². The van der Waals surface area contributed by atoms with Gasteiger partial charge in [-0.3, -0.25) is 4.90 Å². The first-order chi connectivity index (χ1) is 11.3. The van der Waals surface area contributed by atoms with Crippen LogP contribution in [-0.4, -0.2) is 72.1 Å². The molecule has 1 aromatic heterocycles. The number of aromatic nitrogens is 2. The predicted octanol–water partition coefficient (Wildman–Crippen LogP) is 2.28. The second kappa shape index (κ2) is 8.77. The second-order valence-electron chi connectivity index (χ2n) is 6.33. The summed E-state index contributed by atoms with van der Waals surface area (Å²) in [6, 6.07) is 0. The molecule has 0 N–H and O–H groups in total. The van der Waals surface area contributed by atoms with Crippen molar-refractivity contribution in [2.24, 2.45) is 0 Å². The van der Waals surface area contributed by atoms with Crippen molar-refractivity contribution in [1.82, 2.24) is 20.0 Å². The first-order valence-corrected chi connectivity index (χ1v) is 8.25. The third-order valence-corrected chi connectivity index (χ3v) is 3.83. The first-order valence-electron chi connectivity index (χ1n) is 8.25. The fourth-order valence-corrected chi connectivity index (χ4v) is 2.50. The molecule has 1 aliphatic heterocycles. The number of ether oxygens (including phenoxy) is 1. The molecule has 1 fully saturated rings. The van der Waals surface area contributed by atoms with E-state index in [4.69, 9.17) is 4.42 Å². The summed E-state index contributed by atoms with van der Waals surface area (Å²) in [5, 5.41) is 8.08. The lowest BCUT2D eigenvalue weighted by Crippen LogP contribution is -2.46. The minimum Gasteiger partial charge on any atom is -0.424 e. The van der Waals surface area contributed by atoms with Gasteiger partial charge in [0.15, 0.2) is 0 Å². The minimum absolute atomic E-state index is 0.139. The molecule has 0 aliphatic carbocycles. The molecule has 0 atom stereocenters. The third-order valence-electron chi connectivity index (χ3n) is 3.83. The molecule has 1 saturated heterocycles. The van der Waals surface area contributed by atoms with Crippen molar-refractivity contribution in [2.45, 2.75) is 38.9 Å². The van der Waals surface area contributed by atoms with E-state index >= 15 is 0 Å². The number of halogens is 3. The van der Waals surface area contributed by atoms with E-state index < -0.39 is 12.8 Å². The molecule has 2 rings (SSSR count). The van der Waals surface area contributed by atoms with Gasteiger partial charge in [-0.25, -0.2) is 0 Å². The molecule has 138 valence electrons. The van der Waals surface area contributed by atoms with Crippen LogP contribution in [0.25, 0.3) is 0 Å². The Bertz CT molecular complexity index is 485. The lowest BCUT2D eigenvalue weighted by atomic mass is 10.2. The van der Waals surface area contributed by atoms with E-state index in [9.17, 15) is 13.2 Å². The Morgan fingerprint density at radius 1 is 1.12 bits per heavy atom. The number of hydrogen-bond acceptors (Lipinski definition) is 6. The highest BCUT2D eigenvalue weighted by Crippen LogP contribution is 2.15. The molecule has 2 heterocycles. The van der Waals surface area contributed by atoms with Crippen LogP contribution in [0.5, 0.6) is 0 Å². The molecule has 0 unspecified atom stereocenters. The van der Waals surface area contributed by atoms with Crippen LogP contribution in [0.2, 0.25) is 0 Å². The maximum atomic E-state index is 11.9. The standard InChI is InChI=1S/C15H25F3N4O2/c1-12(2)14-20-19-13(24-14)10-22-7-5-21(6-8-22)4-3-9-23-11-15(16,17)18/h12H,3-11H2,1-2H3. The smallest absolute Gasteiger partial charge is 0.411 e. The summed E-state index contributed by atoms with van der Waals surface area (Å²) in [5.74, 6) is 1.51. The van der Waals surface area contributed by atoms with Crippen LogP contribution in [0.4, 0.5) is 13.2 Å². The molecule has 0 spiro atoms. The summed E-state index contributed by atoms with van der Waals surface area (Å²) < 4.78 is 46.1. The van der Waals surface area contributed by atoms with Crippen LogP contribution in [0.3, 0.4) is 0 Å². The Labute approximate surface area is 140 Å². The van der Waals surface area contributed by atoms with Gasteiger partial charge in [-0.15, -0.1) is 10.2 Å². The minimum atomic E-state index is -4.24. The van der Waals surface area contributed by atoms with E-state index in [-0.39, 0.29) is 12.5 Å². The van der Waals surface area contributed by atoms with Gasteiger partial charge in [0.25, 0.3) is 0 Å². The number of alkyl halides is 3. The highest BCUT2D eigenvalue weighted by molar-refractivity contribution is 4.88. The van der Waals surface area contributed by atoms with E-state index in [1.807, 2.05) is 13.8 Å². The fourth-order valence-electron chi connectivity index (χ4n) is 2.50. The lowest BCUT2D eigenvalue weighted by molar-refractivity contribution is -0.174. The Morgan fingerprint density at radius 2 is 1.79 bits per heavy atom. The number of piperazine rings is 1. The van der Waals surface area contributed by atoms with Gasteiger partial charge in [0.1, 0.15) is 6.61 Å². The zero-order chi connectivity index (χ0) is 17.6. The quantitative estimate of drug-likeness (QED) is 0.671. The number of rotatable bonds is 8. The summed E-state index contributed by atoms with van der Waals surface area (Å²) in [5.41, 5.74) is 0. The summed E-state index contributed by atoms with van der Waals surface area (Å²) >= 11 is 0. The summed E-state index contributed by atoms with van der Waals surface area (Å²) in [6.07, 6.45) is -3.63. The summed E-state index contributed by atoms with van der Waals surface area (Å²) in [6.45, 7) is 7.90. The topological polar surface area (TPSA) is 54.6 Å². The molecule has 0 radical (unpaired) electrons. The molecule has 9 heteroatoms. The van der Waals surface area contributed by atoms with Gasteiger partial charge < -0.3 is 14.1 Å². The third kappa shape index (κ3) is 6.74. The second-order valence-corrected chi connectivity index (χ2v) is 6.33. The zero-order valence-corrected chi connectivity index (χ0v) is 14.2. The zero-order valence-electron chi connectivity index (χ0n) is 14.2. The van der Waals surface area contributed by atoms with Gasteiger partial charge in [-0.1, -0.05) is 13.8 Å². The molecule has 0 aromatic carbocycles. The van der Waals surface area contributed by atoms with Crippen molar-refractivity contribution in [3.8, 4) is 0 Å². The van der Waals surface area contributed by atoms with Crippen molar-refractivity contribution < 1.29 is 22.3 Å². The molecule has 0 saturated carbocycles. The Hall–Kier alpha value is -1.19. The highest BCUT2D eigenvalue weighted by Gasteiger charge is 2.27. The molecule has 1 aromatic rings. The molecule has 1 aliphatic rings. The molecular formula is C15H25F3N4O2. The van der Waals surface area contributed by atoms with E-state index in [2.05, 4.69) is 24.7 Å². The van der Waals surface area contributed by atoms with Crippen molar-refractivity contribution in [1.29, 1.82) is 0 Å². The predicted molar refractivity (Wildman–Crippen MR) is 81.6 cm³/mol. The summed E-state index contributed by atoms with van der Waals surface area (Å²) in [7, 11) is 0. The van der Waals surface area contributed by atoms with E-state index in [1.165, 1.54) is 0 Å². The Morgan fingerprint density at radius 3 is 2.38 bits per heavy atom. The largest absolute Gasteiger partial charge is 0.424 e. The van der Waals surface area contributed by atoms with Crippen LogP contribution in [-0.2, 0) is 11.3 Å². The average Bonchev–Trinajstić information content (AvgIpc) is 2.96. The van der Waals surface area contributed by atoms with Gasteiger partial charge in [0, 0.05) is 45.2 Å². The van der Waals surface area contributed by atoms with Gasteiger partial charge >= 0.3 is 6.18 Å². The van der Waals surface area contributed by atoms with Crippen LogP contribution >= 0.6 is 0 Å². The maximum absolute atomic E-state index is 11.9. The van der Waals surface area contributed by atoms with Gasteiger partial charge in [-0.05, 0) is 6.42 Å². The maximum Gasteiger partial charge on any atom is 0.411 e. The normalized spacial score (nSPS) is 17.8. The van der Waals surface area contributed by atoms with Crippen molar-refractivity contribution in [3.05, 3.63) is 11.8 Å². The molecular weight excluding hydrogens is 325 g/mol. The Balaban J connectivity index is 1.59. The van der Waals surface area contributed by atoms with Crippen molar-refractivity contribution in [2.75, 3.05) is 45.9 Å². The highest BCUT2D eigenvalue weighted by atomic mass is 19.4. The molecule has 6 nitrogen and oxygen atoms in total. The number of nitrogens with zero attached hydrogens (tertiary/aromatic N) is 4. The van der Waals surface area contributed by atoms with Crippen LogP contribution in [0, 0.1) is 0 Å². The SMILES string of the molecule is CC(C)c1nnc(CN2CCN(CCCOCC(F)(F)F)CC2)o1. The van der Waals surface area contributed by atoms with Crippen LogP contribution in [0.1, 0.15) is 38.0 Å². The molecule has 0 amide bonds. The number of hydrogen-bond donors (Lipinski definition) is 0. The lowest BCUT2D eigenvalue weighted by Gasteiger charge is -2.33. The van der Waals surface area contributed by atoms with Crippen LogP contribution < -0.4 is 0 Å². The summed E-state index contributed by atoms with van der Waals surface area (Å²) in [4.78, 5) is 4.48. The van der Waals surface area contributed by atoms with E-state index in [0.717, 1.165) is 32.7 Å². The molecule has 24 heavy (non-hydrogen) atoms. The fraction of sp³-hybridized carbons (Fsp3) is 0.867.